The number of rotatable bonds is 10. The first kappa shape index (κ1) is 38.3. The maximum atomic E-state index is 14.2. The Morgan fingerprint density at radius 3 is 1.53 bits per heavy atom. The number of methoxy groups -OCH3 is 2. The van der Waals surface area contributed by atoms with Gasteiger partial charge in [0.2, 0.25) is 0 Å². The van der Waals surface area contributed by atoms with Crippen LogP contribution in [0.4, 0.5) is 17.6 Å². The summed E-state index contributed by atoms with van der Waals surface area (Å²) in [5, 5.41) is 0. The summed E-state index contributed by atoms with van der Waals surface area (Å²) in [6.07, 6.45) is 0. The first-order valence-corrected chi connectivity index (χ1v) is 16.8. The summed E-state index contributed by atoms with van der Waals surface area (Å²) in [7, 11) is 2.54. The molecule has 0 amide bonds. The van der Waals surface area contributed by atoms with Gasteiger partial charge in [0.15, 0.2) is 0 Å². The Hall–Kier alpha value is -5.94. The number of hydrogen-bond donors (Lipinski definition) is 0. The summed E-state index contributed by atoms with van der Waals surface area (Å²) in [4.78, 5) is 24.1. The highest BCUT2D eigenvalue weighted by Gasteiger charge is 2.20. The van der Waals surface area contributed by atoms with Gasteiger partial charge in [-0.15, -0.1) is 0 Å². The standard InChI is InChI=1S/C21H15BrF2O3.C21H16F2O3/c1-26-21(25)17-10-18(22)16(15-8-7-14(23)9-19(15)24)11-20(17)27-12-13-5-3-2-4-6-13;1-25-21(24)18-9-7-15(17-10-8-16(22)12-19(17)23)11-20(18)26-13-14-5-3-2-4-6-14/h2-11H,12H2,1H3;2-12H,13H2,1H3. The minimum Gasteiger partial charge on any atom is -0.488 e. The summed E-state index contributed by atoms with van der Waals surface area (Å²) >= 11 is 3.34. The normalized spacial score (nSPS) is 10.5. The van der Waals surface area contributed by atoms with Crippen molar-refractivity contribution in [3.8, 4) is 33.8 Å². The zero-order valence-electron chi connectivity index (χ0n) is 28.4. The van der Waals surface area contributed by atoms with E-state index in [9.17, 15) is 27.2 Å². The number of ether oxygens (including phenoxy) is 4. The van der Waals surface area contributed by atoms with Crippen molar-refractivity contribution in [1.82, 2.24) is 0 Å². The molecule has 0 spiro atoms. The molecule has 0 N–H and O–H groups in total. The number of carbonyl (C=O) groups is 2. The molecule has 0 fully saturated rings. The van der Waals surface area contributed by atoms with Crippen LogP contribution in [-0.2, 0) is 22.7 Å². The SMILES string of the molecule is COC(=O)c1cc(Br)c(-c2ccc(F)cc2F)cc1OCc1ccccc1.COC(=O)c1ccc(-c2ccc(F)cc2F)cc1OCc1ccccc1. The minimum atomic E-state index is -0.712. The fraction of sp³-hybridized carbons (Fsp3) is 0.0952. The third-order valence-corrected chi connectivity index (χ3v) is 8.46. The zero-order valence-corrected chi connectivity index (χ0v) is 30.0. The van der Waals surface area contributed by atoms with Crippen LogP contribution >= 0.6 is 15.9 Å². The van der Waals surface area contributed by atoms with Gasteiger partial charge in [-0.05, 0) is 65.2 Å². The molecule has 53 heavy (non-hydrogen) atoms. The van der Waals surface area contributed by atoms with Gasteiger partial charge < -0.3 is 18.9 Å². The van der Waals surface area contributed by atoms with Gasteiger partial charge in [-0.1, -0.05) is 82.7 Å². The lowest BCUT2D eigenvalue weighted by atomic mass is 10.0. The molecule has 6 rings (SSSR count). The van der Waals surface area contributed by atoms with E-state index in [1.165, 1.54) is 56.7 Å². The van der Waals surface area contributed by atoms with Gasteiger partial charge in [-0.3, -0.25) is 0 Å². The van der Waals surface area contributed by atoms with Crippen LogP contribution in [0.25, 0.3) is 22.3 Å². The monoisotopic (exact) mass is 786 g/mol. The van der Waals surface area contributed by atoms with E-state index in [1.54, 1.807) is 12.1 Å². The summed E-state index contributed by atoms with van der Waals surface area (Å²) in [6, 6.07) is 33.2. The molecule has 6 nitrogen and oxygen atoms in total. The maximum Gasteiger partial charge on any atom is 0.341 e. The Morgan fingerprint density at radius 1 is 0.528 bits per heavy atom. The van der Waals surface area contributed by atoms with Crippen molar-refractivity contribution in [2.45, 2.75) is 13.2 Å². The van der Waals surface area contributed by atoms with Crippen molar-refractivity contribution in [3.63, 3.8) is 0 Å². The largest absolute Gasteiger partial charge is 0.488 e. The van der Waals surface area contributed by atoms with Crippen LogP contribution < -0.4 is 9.47 Å². The lowest BCUT2D eigenvalue weighted by molar-refractivity contribution is 0.0586. The van der Waals surface area contributed by atoms with E-state index in [0.717, 1.165) is 23.3 Å². The second-order valence-electron chi connectivity index (χ2n) is 11.3. The lowest BCUT2D eigenvalue weighted by Gasteiger charge is -2.14. The van der Waals surface area contributed by atoms with Gasteiger partial charge >= 0.3 is 11.9 Å². The van der Waals surface area contributed by atoms with E-state index in [-0.39, 0.29) is 47.0 Å². The zero-order chi connectivity index (χ0) is 37.9. The quantitative estimate of drug-likeness (QED) is 0.102. The van der Waals surface area contributed by atoms with E-state index in [2.05, 4.69) is 15.9 Å². The van der Waals surface area contributed by atoms with Crippen molar-refractivity contribution in [1.29, 1.82) is 0 Å². The van der Waals surface area contributed by atoms with Crippen LogP contribution in [0.2, 0.25) is 0 Å². The van der Waals surface area contributed by atoms with Crippen LogP contribution in [-0.4, -0.2) is 26.2 Å². The van der Waals surface area contributed by atoms with Gasteiger partial charge in [0.25, 0.3) is 0 Å². The van der Waals surface area contributed by atoms with Crippen molar-refractivity contribution in [3.05, 3.63) is 177 Å². The highest BCUT2D eigenvalue weighted by atomic mass is 79.9. The van der Waals surface area contributed by atoms with Crippen molar-refractivity contribution < 1.29 is 46.1 Å². The Bertz CT molecular complexity index is 2210. The van der Waals surface area contributed by atoms with Gasteiger partial charge in [-0.2, -0.15) is 0 Å². The Morgan fingerprint density at radius 2 is 1.02 bits per heavy atom. The van der Waals surface area contributed by atoms with Crippen LogP contribution in [0.1, 0.15) is 31.8 Å². The van der Waals surface area contributed by atoms with Crippen LogP contribution in [0, 0.1) is 23.3 Å². The molecule has 0 aliphatic heterocycles. The molecule has 0 unspecified atom stereocenters. The van der Waals surface area contributed by atoms with Crippen LogP contribution in [0.15, 0.2) is 132 Å². The molecule has 6 aromatic rings. The van der Waals surface area contributed by atoms with Gasteiger partial charge in [0, 0.05) is 33.3 Å². The van der Waals surface area contributed by atoms with Crippen molar-refractivity contribution in [2.24, 2.45) is 0 Å². The fourth-order valence-corrected chi connectivity index (χ4v) is 5.70. The molecular weight excluding hydrogens is 756 g/mol. The first-order chi connectivity index (χ1) is 25.6. The molecule has 270 valence electrons. The fourth-order valence-electron chi connectivity index (χ4n) is 5.14. The molecule has 0 bridgehead atoms. The second-order valence-corrected chi connectivity index (χ2v) is 12.2. The van der Waals surface area contributed by atoms with E-state index < -0.39 is 35.2 Å². The molecule has 0 saturated carbocycles. The summed E-state index contributed by atoms with van der Waals surface area (Å²) < 4.78 is 76.3. The molecule has 11 heteroatoms. The highest BCUT2D eigenvalue weighted by molar-refractivity contribution is 9.10. The third kappa shape index (κ3) is 9.90. The molecule has 0 radical (unpaired) electrons. The molecule has 0 aliphatic carbocycles. The maximum absolute atomic E-state index is 14.2. The highest BCUT2D eigenvalue weighted by Crippen LogP contribution is 2.37. The molecule has 0 saturated heterocycles. The van der Waals surface area contributed by atoms with Crippen molar-refractivity contribution >= 4 is 27.9 Å². The first-order valence-electron chi connectivity index (χ1n) is 16.0. The topological polar surface area (TPSA) is 71.1 Å². The number of carbonyl (C=O) groups excluding carboxylic acids is 2. The number of benzene rings is 6. The summed E-state index contributed by atoms with van der Waals surface area (Å²) in [6.45, 7) is 0.456. The lowest BCUT2D eigenvalue weighted by Crippen LogP contribution is -2.07. The van der Waals surface area contributed by atoms with Gasteiger partial charge in [0.1, 0.15) is 59.1 Å². The number of esters is 2. The predicted octanol–water partition coefficient (Wildman–Crippen LogP) is 10.8. The Balaban J connectivity index is 0.000000204. The van der Waals surface area contributed by atoms with Gasteiger partial charge in [-0.25, -0.2) is 27.2 Å². The molecule has 0 aromatic heterocycles. The molecular formula is C42H31BrF4O6. The van der Waals surface area contributed by atoms with Crippen molar-refractivity contribution in [2.75, 3.05) is 14.2 Å². The smallest absolute Gasteiger partial charge is 0.341 e. The number of hydrogen-bond acceptors (Lipinski definition) is 6. The van der Waals surface area contributed by atoms with Gasteiger partial charge in [0.05, 0.1) is 14.2 Å². The van der Waals surface area contributed by atoms with E-state index in [4.69, 9.17) is 18.9 Å². The second kappa shape index (κ2) is 18.0. The van der Waals surface area contributed by atoms with Crippen LogP contribution in [0.3, 0.4) is 0 Å². The average Bonchev–Trinajstić information content (AvgIpc) is 3.17. The molecule has 0 atom stereocenters. The summed E-state index contributed by atoms with van der Waals surface area (Å²) in [5.74, 6) is -3.35. The van der Waals surface area contributed by atoms with Crippen LogP contribution in [0.5, 0.6) is 11.5 Å². The number of halogens is 5. The third-order valence-electron chi connectivity index (χ3n) is 7.80. The Labute approximate surface area is 311 Å². The molecule has 6 aromatic carbocycles. The summed E-state index contributed by atoms with van der Waals surface area (Å²) in [5.41, 5.74) is 3.56. The molecule has 0 aliphatic rings. The van der Waals surface area contributed by atoms with E-state index in [0.29, 0.717) is 15.6 Å². The average molecular weight is 788 g/mol. The molecule has 0 heterocycles. The minimum absolute atomic E-state index is 0.184. The van der Waals surface area contributed by atoms with E-state index >= 15 is 0 Å². The van der Waals surface area contributed by atoms with E-state index in [1.807, 2.05) is 60.7 Å². The Kier molecular flexibility index (Phi) is 13.0. The predicted molar refractivity (Wildman–Crippen MR) is 196 cm³/mol.